The Bertz CT molecular complexity index is 919. The predicted molar refractivity (Wildman–Crippen MR) is 120 cm³/mol. The Hall–Kier alpha value is -2.86. The molecule has 1 fully saturated rings. The number of fused-ring (bicyclic) bond motifs is 1. The van der Waals surface area contributed by atoms with Gasteiger partial charge in [0.2, 0.25) is 5.91 Å². The number of hydrogen-bond acceptors (Lipinski definition) is 4. The lowest BCUT2D eigenvalue weighted by Gasteiger charge is -2.36. The largest absolute Gasteiger partial charge is 0.369 e. The van der Waals surface area contributed by atoms with Gasteiger partial charge < -0.3 is 15.5 Å². The van der Waals surface area contributed by atoms with E-state index >= 15 is 0 Å². The van der Waals surface area contributed by atoms with E-state index in [1.165, 1.54) is 11.3 Å². The molecule has 2 aromatic rings. The first-order valence-corrected chi connectivity index (χ1v) is 10.8. The minimum Gasteiger partial charge on any atom is -0.369 e. The second kappa shape index (κ2) is 9.30. The van der Waals surface area contributed by atoms with Gasteiger partial charge in [-0.3, -0.25) is 14.5 Å². The van der Waals surface area contributed by atoms with Crippen molar-refractivity contribution in [3.63, 3.8) is 0 Å². The quantitative estimate of drug-likeness (QED) is 0.724. The molecule has 6 heteroatoms. The van der Waals surface area contributed by atoms with Crippen LogP contribution >= 0.6 is 0 Å². The normalized spacial score (nSPS) is 16.7. The summed E-state index contributed by atoms with van der Waals surface area (Å²) in [7, 11) is 0. The van der Waals surface area contributed by atoms with E-state index < -0.39 is 0 Å². The first-order valence-electron chi connectivity index (χ1n) is 10.8. The van der Waals surface area contributed by atoms with Crippen molar-refractivity contribution >= 4 is 23.2 Å². The number of carbonyl (C=O) groups is 2. The van der Waals surface area contributed by atoms with E-state index in [1.54, 1.807) is 6.07 Å². The molecule has 158 valence electrons. The smallest absolute Gasteiger partial charge is 0.251 e. The van der Waals surface area contributed by atoms with Crippen molar-refractivity contribution in [2.24, 2.45) is 0 Å². The molecule has 2 aliphatic heterocycles. The Morgan fingerprint density at radius 2 is 1.90 bits per heavy atom. The second-order valence-electron chi connectivity index (χ2n) is 8.20. The van der Waals surface area contributed by atoms with Crippen molar-refractivity contribution in [3.8, 4) is 0 Å². The second-order valence-corrected chi connectivity index (χ2v) is 8.20. The molecule has 2 aliphatic rings. The number of rotatable bonds is 6. The van der Waals surface area contributed by atoms with E-state index in [0.29, 0.717) is 24.9 Å². The van der Waals surface area contributed by atoms with Gasteiger partial charge in [0, 0.05) is 56.1 Å². The van der Waals surface area contributed by atoms with Crippen molar-refractivity contribution in [3.05, 3.63) is 59.2 Å². The van der Waals surface area contributed by atoms with Crippen molar-refractivity contribution in [1.82, 2.24) is 10.2 Å². The van der Waals surface area contributed by atoms with Crippen LogP contribution in [0.1, 0.15) is 34.3 Å². The zero-order valence-electron chi connectivity index (χ0n) is 17.6. The van der Waals surface area contributed by atoms with Crippen LogP contribution in [0.2, 0.25) is 0 Å². The number of piperazine rings is 1. The number of hydrogen-bond donors (Lipinski definition) is 2. The molecule has 0 spiro atoms. The van der Waals surface area contributed by atoms with E-state index in [9.17, 15) is 9.59 Å². The monoisotopic (exact) mass is 406 g/mol. The zero-order chi connectivity index (χ0) is 20.9. The van der Waals surface area contributed by atoms with Gasteiger partial charge in [0.05, 0.1) is 0 Å². The number of aryl methyl sites for hydroxylation is 2. The molecule has 2 aromatic carbocycles. The minimum atomic E-state index is -0.0426. The Morgan fingerprint density at radius 1 is 1.07 bits per heavy atom. The summed E-state index contributed by atoms with van der Waals surface area (Å²) in [6, 6.07) is 14.2. The summed E-state index contributed by atoms with van der Waals surface area (Å²) in [5, 5.41) is 5.88. The first kappa shape index (κ1) is 20.4. The number of anilines is 2. The summed E-state index contributed by atoms with van der Waals surface area (Å²) in [6.45, 7) is 8.00. The molecule has 0 unspecified atom stereocenters. The lowest BCUT2D eigenvalue weighted by molar-refractivity contribution is -0.116. The third kappa shape index (κ3) is 5.00. The van der Waals surface area contributed by atoms with Gasteiger partial charge in [0.15, 0.2) is 0 Å². The van der Waals surface area contributed by atoms with Gasteiger partial charge in [0.25, 0.3) is 5.91 Å². The maximum atomic E-state index is 12.5. The molecule has 4 rings (SSSR count). The summed E-state index contributed by atoms with van der Waals surface area (Å²) in [4.78, 5) is 28.8. The molecule has 2 amide bonds. The van der Waals surface area contributed by atoms with Gasteiger partial charge >= 0.3 is 0 Å². The fourth-order valence-electron chi connectivity index (χ4n) is 4.19. The van der Waals surface area contributed by atoms with Gasteiger partial charge in [-0.1, -0.05) is 12.1 Å². The zero-order valence-corrected chi connectivity index (χ0v) is 17.6. The van der Waals surface area contributed by atoms with E-state index in [4.69, 9.17) is 0 Å². The van der Waals surface area contributed by atoms with E-state index in [1.807, 2.05) is 12.1 Å². The number of amides is 2. The molecule has 30 heavy (non-hydrogen) atoms. The van der Waals surface area contributed by atoms with Crippen LogP contribution in [0, 0.1) is 6.92 Å². The predicted octanol–water partition coefficient (Wildman–Crippen LogP) is 2.82. The molecule has 1 saturated heterocycles. The van der Waals surface area contributed by atoms with Crippen LogP contribution < -0.4 is 15.5 Å². The Labute approximate surface area is 178 Å². The third-order valence-corrected chi connectivity index (χ3v) is 5.94. The standard InChI is InChI=1S/C24H30N4O2/c1-18-4-2-5-21(16-18)28-14-12-27(13-15-28)11-3-10-25-24(30)20-6-8-22-19(17-20)7-9-23(29)26-22/h2,4-6,8,16-17H,3,7,9-15H2,1H3,(H,25,30)(H,26,29). The van der Waals surface area contributed by atoms with Crippen LogP contribution in [0.5, 0.6) is 0 Å². The maximum absolute atomic E-state index is 12.5. The van der Waals surface area contributed by atoms with Crippen LogP contribution in [-0.2, 0) is 11.2 Å². The van der Waals surface area contributed by atoms with Crippen LogP contribution in [0.3, 0.4) is 0 Å². The van der Waals surface area contributed by atoms with E-state index in [0.717, 1.165) is 50.4 Å². The summed E-state index contributed by atoms with van der Waals surface area (Å²) in [5.41, 5.74) is 5.14. The fourth-order valence-corrected chi connectivity index (χ4v) is 4.19. The number of nitrogens with zero attached hydrogens (tertiary/aromatic N) is 2. The maximum Gasteiger partial charge on any atom is 0.251 e. The highest BCUT2D eigenvalue weighted by Gasteiger charge is 2.18. The number of carbonyl (C=O) groups excluding carboxylic acids is 2. The average molecular weight is 407 g/mol. The Kier molecular flexibility index (Phi) is 6.33. The van der Waals surface area contributed by atoms with E-state index in [2.05, 4.69) is 51.6 Å². The van der Waals surface area contributed by atoms with Crippen LogP contribution in [0.25, 0.3) is 0 Å². The molecule has 0 atom stereocenters. The van der Waals surface area contributed by atoms with Crippen molar-refractivity contribution in [2.75, 3.05) is 49.5 Å². The van der Waals surface area contributed by atoms with Gasteiger partial charge in [-0.15, -0.1) is 0 Å². The van der Waals surface area contributed by atoms with Crippen molar-refractivity contribution in [2.45, 2.75) is 26.2 Å². The average Bonchev–Trinajstić information content (AvgIpc) is 2.76. The van der Waals surface area contributed by atoms with E-state index in [-0.39, 0.29) is 11.8 Å². The third-order valence-electron chi connectivity index (χ3n) is 5.94. The fraction of sp³-hybridized carbons (Fsp3) is 0.417. The Balaban J connectivity index is 1.18. The number of benzene rings is 2. The Morgan fingerprint density at radius 3 is 2.70 bits per heavy atom. The molecule has 0 bridgehead atoms. The molecule has 0 aromatic heterocycles. The van der Waals surface area contributed by atoms with Crippen molar-refractivity contribution < 1.29 is 9.59 Å². The molecular formula is C24H30N4O2. The summed E-state index contributed by atoms with van der Waals surface area (Å²) in [6.07, 6.45) is 2.11. The molecule has 0 radical (unpaired) electrons. The van der Waals surface area contributed by atoms with Gasteiger partial charge in [-0.25, -0.2) is 0 Å². The van der Waals surface area contributed by atoms with Gasteiger partial charge in [0.1, 0.15) is 0 Å². The van der Waals surface area contributed by atoms with Crippen molar-refractivity contribution in [1.29, 1.82) is 0 Å². The summed E-state index contributed by atoms with van der Waals surface area (Å²) < 4.78 is 0. The molecule has 0 aliphatic carbocycles. The van der Waals surface area contributed by atoms with Crippen LogP contribution in [0.4, 0.5) is 11.4 Å². The molecule has 0 saturated carbocycles. The number of nitrogens with one attached hydrogen (secondary N) is 2. The lowest BCUT2D eigenvalue weighted by atomic mass is 10.00. The van der Waals surface area contributed by atoms with Crippen LogP contribution in [0.15, 0.2) is 42.5 Å². The highest BCUT2D eigenvalue weighted by atomic mass is 16.2. The van der Waals surface area contributed by atoms with Gasteiger partial charge in [-0.05, 0) is 67.8 Å². The molecule has 6 nitrogen and oxygen atoms in total. The highest BCUT2D eigenvalue weighted by Crippen LogP contribution is 2.23. The summed E-state index contributed by atoms with van der Waals surface area (Å²) >= 11 is 0. The first-order chi connectivity index (χ1) is 14.6. The molecule has 2 N–H and O–H groups in total. The lowest BCUT2D eigenvalue weighted by Crippen LogP contribution is -2.47. The van der Waals surface area contributed by atoms with Gasteiger partial charge in [-0.2, -0.15) is 0 Å². The molecular weight excluding hydrogens is 376 g/mol. The molecule has 2 heterocycles. The SMILES string of the molecule is Cc1cccc(N2CCN(CCCNC(=O)c3ccc4c(c3)CCC(=O)N4)CC2)c1. The van der Waals surface area contributed by atoms with Crippen LogP contribution in [-0.4, -0.2) is 56.0 Å². The minimum absolute atomic E-state index is 0.0411. The highest BCUT2D eigenvalue weighted by molar-refractivity contribution is 5.97. The summed E-state index contributed by atoms with van der Waals surface area (Å²) in [5.74, 6) is -0.00150. The topological polar surface area (TPSA) is 64.7 Å².